The number of halogens is 3. The van der Waals surface area contributed by atoms with Gasteiger partial charge in [-0.1, -0.05) is 0 Å². The van der Waals surface area contributed by atoms with Crippen molar-refractivity contribution in [1.82, 2.24) is 0 Å². The Kier molecular flexibility index (Phi) is 4.40. The van der Waals surface area contributed by atoms with Gasteiger partial charge >= 0.3 is 0 Å². The Bertz CT molecular complexity index is 510. The van der Waals surface area contributed by atoms with Gasteiger partial charge in [0.2, 0.25) is 0 Å². The van der Waals surface area contributed by atoms with Crippen molar-refractivity contribution in [2.24, 2.45) is 0 Å². The van der Waals surface area contributed by atoms with E-state index in [0.717, 1.165) is 22.5 Å². The van der Waals surface area contributed by atoms with Gasteiger partial charge in [0.1, 0.15) is 0 Å². The van der Waals surface area contributed by atoms with Gasteiger partial charge in [-0.2, -0.15) is 0 Å². The molecule has 0 aliphatic carbocycles. The number of carbonyl (C=O) groups excluding carboxylic acids is 1. The molecule has 2 aromatic rings. The molecule has 2 rings (SSSR count). The van der Waals surface area contributed by atoms with Crippen LogP contribution in [0.3, 0.4) is 0 Å². The monoisotopic (exact) mass is 442 g/mol. The molecule has 0 radical (unpaired) electrons. The molecular weight excluding hydrogens is 440 g/mol. The first-order valence-corrected chi connectivity index (χ1v) is 8.34. The van der Waals surface area contributed by atoms with Crippen molar-refractivity contribution in [2.45, 2.75) is 6.42 Å². The number of Topliss-reactive ketones (excluding diaryl/α,β-unsaturated/α-hetero) is 1. The summed E-state index contributed by atoms with van der Waals surface area (Å²) in [5, 5.41) is 1.99. The van der Waals surface area contributed by atoms with Crippen LogP contribution in [0, 0.1) is 0 Å². The van der Waals surface area contributed by atoms with Crippen LogP contribution in [0.5, 0.6) is 0 Å². The van der Waals surface area contributed by atoms with E-state index in [9.17, 15) is 4.79 Å². The minimum absolute atomic E-state index is 0.158. The highest BCUT2D eigenvalue weighted by atomic mass is 79.9. The van der Waals surface area contributed by atoms with Crippen LogP contribution in [0.15, 0.2) is 30.2 Å². The molecule has 0 unspecified atom stereocenters. The minimum Gasteiger partial charge on any atom is -0.293 e. The fourth-order valence-electron chi connectivity index (χ4n) is 1.18. The molecule has 1 nitrogen and oxygen atoms in total. The number of hydrogen-bond acceptors (Lipinski definition) is 3. The fraction of sp³-hybridized carbons (Fsp3) is 0.100. The van der Waals surface area contributed by atoms with Crippen LogP contribution in [0.4, 0.5) is 0 Å². The third kappa shape index (κ3) is 3.04. The van der Waals surface area contributed by atoms with E-state index in [2.05, 4.69) is 47.8 Å². The third-order valence-corrected chi connectivity index (χ3v) is 6.87. The summed E-state index contributed by atoms with van der Waals surface area (Å²) in [5.41, 5.74) is 0. The molecule has 0 aliphatic heterocycles. The third-order valence-electron chi connectivity index (χ3n) is 1.88. The topological polar surface area (TPSA) is 17.1 Å². The molecule has 0 aliphatic rings. The Labute approximate surface area is 126 Å². The summed E-state index contributed by atoms with van der Waals surface area (Å²) in [5.74, 6) is 0.158. The molecule has 0 aromatic carbocycles. The second kappa shape index (κ2) is 5.44. The lowest BCUT2D eigenvalue weighted by Crippen LogP contribution is -1.98. The van der Waals surface area contributed by atoms with Crippen molar-refractivity contribution in [1.29, 1.82) is 0 Å². The Hall–Kier alpha value is 0.510. The summed E-state index contributed by atoms with van der Waals surface area (Å²) < 4.78 is 2.94. The Morgan fingerprint density at radius 3 is 2.50 bits per heavy atom. The average Bonchev–Trinajstić information content (AvgIpc) is 2.75. The number of hydrogen-bond donors (Lipinski definition) is 0. The van der Waals surface area contributed by atoms with E-state index in [4.69, 9.17) is 0 Å². The summed E-state index contributed by atoms with van der Waals surface area (Å²) in [6.07, 6.45) is 0.468. The predicted molar refractivity (Wildman–Crippen MR) is 79.8 cm³/mol. The van der Waals surface area contributed by atoms with E-state index in [1.807, 2.05) is 17.5 Å². The van der Waals surface area contributed by atoms with Crippen LogP contribution in [0.25, 0.3) is 0 Å². The standard InChI is InChI=1S/C10H5Br3OS2/c11-5-1-6(15-4-5)2-8(14)9-3-7(12)10(13)16-9/h1,3-4H,2H2. The molecule has 0 fully saturated rings. The van der Waals surface area contributed by atoms with Crippen molar-refractivity contribution in [3.05, 3.63) is 40.0 Å². The molecule has 84 valence electrons. The van der Waals surface area contributed by atoms with Crippen molar-refractivity contribution in [3.63, 3.8) is 0 Å². The SMILES string of the molecule is O=C(Cc1cc(Br)cs1)c1cc(Br)c(Br)s1. The molecule has 2 aromatic heterocycles. The van der Waals surface area contributed by atoms with Crippen molar-refractivity contribution >= 4 is 76.2 Å². The molecule has 0 spiro atoms. The number of rotatable bonds is 3. The van der Waals surface area contributed by atoms with Gasteiger partial charge in [-0.05, 0) is 59.9 Å². The summed E-state index contributed by atoms with van der Waals surface area (Å²) in [7, 11) is 0. The Balaban J connectivity index is 2.14. The van der Waals surface area contributed by atoms with Gasteiger partial charge in [-0.3, -0.25) is 4.79 Å². The van der Waals surface area contributed by atoms with E-state index < -0.39 is 0 Å². The summed E-state index contributed by atoms with van der Waals surface area (Å²) in [4.78, 5) is 13.8. The Morgan fingerprint density at radius 2 is 2.00 bits per heavy atom. The molecule has 6 heteroatoms. The lowest BCUT2D eigenvalue weighted by atomic mass is 10.2. The van der Waals surface area contributed by atoms with Crippen molar-refractivity contribution in [3.8, 4) is 0 Å². The van der Waals surface area contributed by atoms with Gasteiger partial charge in [-0.15, -0.1) is 22.7 Å². The fourth-order valence-corrected chi connectivity index (χ4v) is 4.60. The summed E-state index contributed by atoms with van der Waals surface area (Å²) >= 11 is 13.2. The van der Waals surface area contributed by atoms with Crippen LogP contribution in [-0.2, 0) is 6.42 Å². The van der Waals surface area contributed by atoms with E-state index in [1.54, 1.807) is 11.3 Å². The number of ketones is 1. The summed E-state index contributed by atoms with van der Waals surface area (Å²) in [6.45, 7) is 0. The normalized spacial score (nSPS) is 10.7. The largest absolute Gasteiger partial charge is 0.293 e. The first kappa shape index (κ1) is 13.0. The molecule has 16 heavy (non-hydrogen) atoms. The molecule has 0 saturated carbocycles. The second-order valence-electron chi connectivity index (χ2n) is 3.06. The smallest absolute Gasteiger partial charge is 0.178 e. The van der Waals surface area contributed by atoms with Crippen LogP contribution in [0.2, 0.25) is 0 Å². The molecule has 2 heterocycles. The first-order chi connectivity index (χ1) is 7.56. The molecule has 0 saturated heterocycles. The van der Waals surface area contributed by atoms with Crippen LogP contribution >= 0.6 is 70.5 Å². The van der Waals surface area contributed by atoms with Gasteiger partial charge < -0.3 is 0 Å². The maximum absolute atomic E-state index is 11.9. The van der Waals surface area contributed by atoms with Crippen LogP contribution in [0.1, 0.15) is 14.5 Å². The van der Waals surface area contributed by atoms with Crippen molar-refractivity contribution < 1.29 is 4.79 Å². The molecular formula is C10H5Br3OS2. The van der Waals surface area contributed by atoms with Gasteiger partial charge in [0, 0.05) is 25.6 Å². The molecule has 0 atom stereocenters. The van der Waals surface area contributed by atoms with Crippen LogP contribution < -0.4 is 0 Å². The first-order valence-electron chi connectivity index (χ1n) is 4.27. The second-order valence-corrected chi connectivity index (χ2v) is 8.20. The summed E-state index contributed by atoms with van der Waals surface area (Å²) in [6, 6.07) is 3.85. The zero-order valence-electron chi connectivity index (χ0n) is 7.80. The van der Waals surface area contributed by atoms with Crippen LogP contribution in [-0.4, -0.2) is 5.78 Å². The van der Waals surface area contributed by atoms with Gasteiger partial charge in [0.25, 0.3) is 0 Å². The van der Waals surface area contributed by atoms with E-state index >= 15 is 0 Å². The zero-order valence-corrected chi connectivity index (χ0v) is 14.2. The highest BCUT2D eigenvalue weighted by molar-refractivity contribution is 9.13. The van der Waals surface area contributed by atoms with E-state index in [1.165, 1.54) is 11.3 Å². The quantitative estimate of drug-likeness (QED) is 0.569. The lowest BCUT2D eigenvalue weighted by molar-refractivity contribution is 0.0997. The van der Waals surface area contributed by atoms with Gasteiger partial charge in [0.15, 0.2) is 5.78 Å². The number of carbonyl (C=O) groups is 1. The molecule has 0 N–H and O–H groups in total. The molecule has 0 bridgehead atoms. The van der Waals surface area contributed by atoms with Crippen molar-refractivity contribution in [2.75, 3.05) is 0 Å². The van der Waals surface area contributed by atoms with E-state index in [0.29, 0.717) is 6.42 Å². The number of thiophene rings is 2. The maximum atomic E-state index is 11.9. The van der Waals surface area contributed by atoms with Gasteiger partial charge in [0.05, 0.1) is 8.66 Å². The van der Waals surface area contributed by atoms with Gasteiger partial charge in [-0.25, -0.2) is 0 Å². The highest BCUT2D eigenvalue weighted by Crippen LogP contribution is 2.33. The molecule has 0 amide bonds. The maximum Gasteiger partial charge on any atom is 0.178 e. The Morgan fingerprint density at radius 1 is 1.25 bits per heavy atom. The average molecular weight is 445 g/mol. The lowest BCUT2D eigenvalue weighted by Gasteiger charge is -1.93. The van der Waals surface area contributed by atoms with E-state index in [-0.39, 0.29) is 5.78 Å². The highest BCUT2D eigenvalue weighted by Gasteiger charge is 2.13. The predicted octanol–water partition coefficient (Wildman–Crippen LogP) is 5.52. The minimum atomic E-state index is 0.158. The zero-order chi connectivity index (χ0) is 11.7.